The molecule has 6 nitrogen and oxygen atoms in total. The molecule has 0 bridgehead atoms. The summed E-state index contributed by atoms with van der Waals surface area (Å²) in [5.41, 5.74) is -0.246. The zero-order chi connectivity index (χ0) is 12.5. The number of hydrogen-bond donors (Lipinski definition) is 0. The summed E-state index contributed by atoms with van der Waals surface area (Å²) in [5, 5.41) is 7.89. The van der Waals surface area contributed by atoms with E-state index in [-0.39, 0.29) is 11.7 Å². The van der Waals surface area contributed by atoms with E-state index in [0.717, 1.165) is 6.54 Å². The van der Waals surface area contributed by atoms with Crippen molar-refractivity contribution in [1.29, 1.82) is 0 Å². The van der Waals surface area contributed by atoms with Gasteiger partial charge in [0.2, 0.25) is 5.89 Å². The normalized spacial score (nSPS) is 24.0. The summed E-state index contributed by atoms with van der Waals surface area (Å²) < 4.78 is 16.5. The summed E-state index contributed by atoms with van der Waals surface area (Å²) in [5.74, 6) is 0.576. The van der Waals surface area contributed by atoms with Crippen molar-refractivity contribution < 1.29 is 13.9 Å². The molecule has 1 aliphatic heterocycles. The number of ether oxygens (including phenoxy) is 2. The molecular weight excluding hydrogens is 222 g/mol. The van der Waals surface area contributed by atoms with Crippen LogP contribution in [0.2, 0.25) is 0 Å². The highest BCUT2D eigenvalue weighted by Crippen LogP contribution is 2.25. The second-order valence-corrected chi connectivity index (χ2v) is 4.94. The standard InChI is InChI=1S/C11H19N3O3/c1-8-12-13-10(16-8)14-5-9(6-15-4)17-11(2,3)7-14/h9H,5-7H2,1-4H3/t9-/m1/s1. The van der Waals surface area contributed by atoms with Crippen molar-refractivity contribution in [3.05, 3.63) is 5.89 Å². The number of nitrogens with zero attached hydrogens (tertiary/aromatic N) is 3. The van der Waals surface area contributed by atoms with Crippen molar-refractivity contribution in [2.75, 3.05) is 31.7 Å². The molecule has 0 spiro atoms. The lowest BCUT2D eigenvalue weighted by Crippen LogP contribution is -2.54. The predicted octanol–water partition coefficient (Wildman–Crippen LogP) is 1.01. The molecule has 1 aromatic heterocycles. The Balaban J connectivity index is 2.12. The fraction of sp³-hybridized carbons (Fsp3) is 0.818. The fourth-order valence-corrected chi connectivity index (χ4v) is 2.13. The minimum Gasteiger partial charge on any atom is -0.408 e. The average molecular weight is 241 g/mol. The molecule has 0 N–H and O–H groups in total. The average Bonchev–Trinajstić information content (AvgIpc) is 2.63. The van der Waals surface area contributed by atoms with E-state index >= 15 is 0 Å². The van der Waals surface area contributed by atoms with Crippen molar-refractivity contribution in [1.82, 2.24) is 10.2 Å². The molecule has 0 radical (unpaired) electrons. The SMILES string of the molecule is COC[C@H]1CN(c2nnc(C)o2)CC(C)(C)O1. The summed E-state index contributed by atoms with van der Waals surface area (Å²) in [7, 11) is 1.67. The molecule has 1 aliphatic rings. The molecule has 1 atom stereocenters. The number of morpholine rings is 1. The highest BCUT2D eigenvalue weighted by atomic mass is 16.5. The lowest BCUT2D eigenvalue weighted by Gasteiger charge is -2.41. The second kappa shape index (κ2) is 4.62. The van der Waals surface area contributed by atoms with Gasteiger partial charge in [0.15, 0.2) is 0 Å². The van der Waals surface area contributed by atoms with E-state index in [4.69, 9.17) is 13.9 Å². The van der Waals surface area contributed by atoms with Gasteiger partial charge in [0.25, 0.3) is 0 Å². The molecule has 96 valence electrons. The zero-order valence-electron chi connectivity index (χ0n) is 10.8. The van der Waals surface area contributed by atoms with Gasteiger partial charge in [-0.2, -0.15) is 0 Å². The third-order valence-corrected chi connectivity index (χ3v) is 2.62. The molecule has 0 saturated carbocycles. The van der Waals surface area contributed by atoms with Crippen molar-refractivity contribution in [2.24, 2.45) is 0 Å². The number of hydrogen-bond acceptors (Lipinski definition) is 6. The highest BCUT2D eigenvalue weighted by molar-refractivity contribution is 5.26. The molecular formula is C11H19N3O3. The third-order valence-electron chi connectivity index (χ3n) is 2.62. The first kappa shape index (κ1) is 12.3. The van der Waals surface area contributed by atoms with E-state index in [1.807, 2.05) is 18.7 Å². The summed E-state index contributed by atoms with van der Waals surface area (Å²) in [6, 6.07) is 0.556. The zero-order valence-corrected chi connectivity index (χ0v) is 10.8. The van der Waals surface area contributed by atoms with Crippen LogP contribution in [0.1, 0.15) is 19.7 Å². The van der Waals surface area contributed by atoms with Gasteiger partial charge in [-0.15, -0.1) is 5.10 Å². The van der Waals surface area contributed by atoms with Gasteiger partial charge in [-0.25, -0.2) is 0 Å². The first-order chi connectivity index (χ1) is 8.00. The summed E-state index contributed by atoms with van der Waals surface area (Å²) >= 11 is 0. The maximum atomic E-state index is 5.92. The van der Waals surface area contributed by atoms with Gasteiger partial charge in [-0.05, 0) is 13.8 Å². The lowest BCUT2D eigenvalue weighted by molar-refractivity contribution is -0.107. The monoisotopic (exact) mass is 241 g/mol. The van der Waals surface area contributed by atoms with Crippen LogP contribution in [0.4, 0.5) is 6.01 Å². The molecule has 0 aromatic carbocycles. The smallest absolute Gasteiger partial charge is 0.318 e. The Bertz CT molecular complexity index is 378. The van der Waals surface area contributed by atoms with Crippen molar-refractivity contribution >= 4 is 6.01 Å². The largest absolute Gasteiger partial charge is 0.408 e. The van der Waals surface area contributed by atoms with Gasteiger partial charge in [-0.1, -0.05) is 5.10 Å². The van der Waals surface area contributed by atoms with Crippen LogP contribution in [0.15, 0.2) is 4.42 Å². The highest BCUT2D eigenvalue weighted by Gasteiger charge is 2.35. The first-order valence-electron chi connectivity index (χ1n) is 5.72. The number of methoxy groups -OCH3 is 1. The molecule has 1 fully saturated rings. The molecule has 2 heterocycles. The van der Waals surface area contributed by atoms with E-state index in [9.17, 15) is 0 Å². The van der Waals surface area contributed by atoms with Crippen LogP contribution >= 0.6 is 0 Å². The van der Waals surface area contributed by atoms with E-state index in [1.54, 1.807) is 14.0 Å². The number of anilines is 1. The van der Waals surface area contributed by atoms with Crippen LogP contribution in [0.3, 0.4) is 0 Å². The van der Waals surface area contributed by atoms with Crippen molar-refractivity contribution in [3.63, 3.8) is 0 Å². The Morgan fingerprint density at radius 3 is 2.82 bits per heavy atom. The van der Waals surface area contributed by atoms with E-state index < -0.39 is 0 Å². The van der Waals surface area contributed by atoms with Gasteiger partial charge >= 0.3 is 6.01 Å². The van der Waals surface area contributed by atoms with Crippen LogP contribution in [-0.2, 0) is 9.47 Å². The third kappa shape index (κ3) is 2.95. The Labute approximate surface area is 101 Å². The van der Waals surface area contributed by atoms with Crippen molar-refractivity contribution in [3.8, 4) is 0 Å². The van der Waals surface area contributed by atoms with E-state index in [0.29, 0.717) is 25.1 Å². The fourth-order valence-electron chi connectivity index (χ4n) is 2.13. The number of aromatic nitrogens is 2. The molecule has 0 aliphatic carbocycles. The van der Waals surface area contributed by atoms with Crippen LogP contribution in [-0.4, -0.2) is 48.7 Å². The second-order valence-electron chi connectivity index (χ2n) is 4.94. The summed E-state index contributed by atoms with van der Waals surface area (Å²) in [4.78, 5) is 2.05. The Morgan fingerprint density at radius 1 is 1.47 bits per heavy atom. The minimum atomic E-state index is -0.246. The maximum Gasteiger partial charge on any atom is 0.318 e. The molecule has 1 aromatic rings. The molecule has 6 heteroatoms. The Kier molecular flexibility index (Phi) is 3.35. The van der Waals surface area contributed by atoms with Gasteiger partial charge < -0.3 is 18.8 Å². The van der Waals surface area contributed by atoms with Crippen LogP contribution < -0.4 is 4.90 Å². The van der Waals surface area contributed by atoms with Crippen LogP contribution in [0.5, 0.6) is 0 Å². The Morgan fingerprint density at radius 2 is 2.24 bits per heavy atom. The van der Waals surface area contributed by atoms with Crippen LogP contribution in [0.25, 0.3) is 0 Å². The van der Waals surface area contributed by atoms with E-state index in [1.165, 1.54) is 0 Å². The van der Waals surface area contributed by atoms with Crippen molar-refractivity contribution in [2.45, 2.75) is 32.5 Å². The molecule has 17 heavy (non-hydrogen) atoms. The van der Waals surface area contributed by atoms with E-state index in [2.05, 4.69) is 10.2 Å². The van der Waals surface area contributed by atoms with Gasteiger partial charge in [0, 0.05) is 14.0 Å². The number of rotatable bonds is 3. The molecule has 0 unspecified atom stereocenters. The summed E-state index contributed by atoms with van der Waals surface area (Å²) in [6.07, 6.45) is 0.0240. The molecule has 1 saturated heterocycles. The van der Waals surface area contributed by atoms with Crippen LogP contribution in [0, 0.1) is 6.92 Å². The number of aryl methyl sites for hydroxylation is 1. The minimum absolute atomic E-state index is 0.0240. The molecule has 2 rings (SSSR count). The van der Waals surface area contributed by atoms with Gasteiger partial charge in [0.05, 0.1) is 31.4 Å². The quantitative estimate of drug-likeness (QED) is 0.787. The lowest BCUT2D eigenvalue weighted by atomic mass is 10.1. The predicted molar refractivity (Wildman–Crippen MR) is 62.1 cm³/mol. The maximum absolute atomic E-state index is 5.92. The summed E-state index contributed by atoms with van der Waals surface area (Å²) in [6.45, 7) is 7.88. The molecule has 0 amide bonds. The van der Waals surface area contributed by atoms with Gasteiger partial charge in [-0.3, -0.25) is 0 Å². The van der Waals surface area contributed by atoms with Gasteiger partial charge in [0.1, 0.15) is 0 Å². The first-order valence-corrected chi connectivity index (χ1v) is 5.72. The Hall–Kier alpha value is -1.14. The topological polar surface area (TPSA) is 60.6 Å².